The molecular weight excluding hydrogens is 492 g/mol. The first-order valence-electron chi connectivity index (χ1n) is 16.1. The normalized spacial score (nSPS) is 22.5. The number of rotatable bonds is 9. The minimum absolute atomic E-state index is 0.362. The molecule has 0 bridgehead atoms. The molecule has 2 unspecified atom stereocenters. The minimum Gasteiger partial charge on any atom is -0.0955 e. The molecule has 0 N–H and O–H groups in total. The first kappa shape index (κ1) is 31.1. The molecule has 0 radical (unpaired) electrons. The Morgan fingerprint density at radius 1 is 1.10 bits per heavy atom. The summed E-state index contributed by atoms with van der Waals surface area (Å²) in [5.74, 6) is 1.65. The molecule has 1 aromatic carbocycles. The fourth-order valence-corrected chi connectivity index (χ4v) is 6.53. The van der Waals surface area contributed by atoms with E-state index < -0.39 is 0 Å². The van der Waals surface area contributed by atoms with Crippen LogP contribution in [0.5, 0.6) is 0 Å². The van der Waals surface area contributed by atoms with Crippen molar-refractivity contribution in [3.05, 3.63) is 124 Å². The highest BCUT2D eigenvalue weighted by molar-refractivity contribution is 5.76. The molecule has 3 aliphatic rings. The summed E-state index contributed by atoms with van der Waals surface area (Å²) in [7, 11) is 0. The Kier molecular flexibility index (Phi) is 10.2. The van der Waals surface area contributed by atoms with Crippen molar-refractivity contribution in [2.75, 3.05) is 0 Å². The molecule has 1 fully saturated rings. The molecule has 41 heavy (non-hydrogen) atoms. The number of unbranched alkanes of at least 4 members (excludes halogenated alkanes) is 1. The van der Waals surface area contributed by atoms with E-state index in [-0.39, 0.29) is 0 Å². The molecular formula is C41H54. The van der Waals surface area contributed by atoms with E-state index in [4.69, 9.17) is 0 Å². The van der Waals surface area contributed by atoms with Crippen LogP contribution in [0.25, 0.3) is 5.57 Å². The molecule has 1 aromatic rings. The Bertz CT molecular complexity index is 1320. The van der Waals surface area contributed by atoms with Crippen LogP contribution in [0, 0.1) is 17.3 Å². The quantitative estimate of drug-likeness (QED) is 0.270. The van der Waals surface area contributed by atoms with Crippen LogP contribution in [0.2, 0.25) is 0 Å². The van der Waals surface area contributed by atoms with Gasteiger partial charge in [0.25, 0.3) is 0 Å². The minimum atomic E-state index is 0.362. The van der Waals surface area contributed by atoms with Crippen molar-refractivity contribution in [1.29, 1.82) is 0 Å². The van der Waals surface area contributed by atoms with Crippen molar-refractivity contribution in [3.63, 3.8) is 0 Å². The first-order chi connectivity index (χ1) is 19.5. The van der Waals surface area contributed by atoms with Crippen LogP contribution < -0.4 is 0 Å². The lowest BCUT2D eigenvalue weighted by Crippen LogP contribution is -2.24. The molecule has 0 amide bonds. The Morgan fingerprint density at radius 2 is 1.83 bits per heavy atom. The number of benzene rings is 1. The molecule has 0 heterocycles. The number of allylic oxidation sites excluding steroid dienone is 14. The van der Waals surface area contributed by atoms with Gasteiger partial charge in [-0.3, -0.25) is 0 Å². The molecule has 0 saturated heterocycles. The molecule has 4 rings (SSSR count). The van der Waals surface area contributed by atoms with Crippen LogP contribution >= 0.6 is 0 Å². The second-order valence-electron chi connectivity index (χ2n) is 14.1. The zero-order chi connectivity index (χ0) is 29.7. The number of fused-ring (bicyclic) bond motifs is 1. The molecule has 3 atom stereocenters. The van der Waals surface area contributed by atoms with E-state index in [1.807, 2.05) is 0 Å². The standard InChI is InChI=1S/C41H54/c1-10-11-12-36(33-17-19-34(20-18-33)37-16-13-28(2)30(4)23-37)24-31(5)32(6)25-38-26-39-27-40(41(7,8)9)22-21-35(39)15-14-29(38)3/h13,15-20,23,25-26,30,36,40H,2,5,10-12,14,21-22,24,27H2,1,3-4,6-9H3/b32-25+/t30?,36-,40?/m0/s1. The summed E-state index contributed by atoms with van der Waals surface area (Å²) in [6.07, 6.45) is 23.6. The van der Waals surface area contributed by atoms with Gasteiger partial charge in [-0.25, -0.2) is 0 Å². The maximum atomic E-state index is 4.62. The highest BCUT2D eigenvalue weighted by Crippen LogP contribution is 2.44. The molecule has 218 valence electrons. The van der Waals surface area contributed by atoms with Crippen molar-refractivity contribution in [2.24, 2.45) is 17.3 Å². The fraction of sp³-hybridized carbons (Fsp3) is 0.463. The van der Waals surface area contributed by atoms with Gasteiger partial charge >= 0.3 is 0 Å². The second-order valence-corrected chi connectivity index (χ2v) is 14.1. The predicted octanol–water partition coefficient (Wildman–Crippen LogP) is 12.4. The topological polar surface area (TPSA) is 0 Å². The van der Waals surface area contributed by atoms with Gasteiger partial charge in [-0.05, 0) is 120 Å². The summed E-state index contributed by atoms with van der Waals surface area (Å²) >= 11 is 0. The molecule has 3 aliphatic carbocycles. The third-order valence-electron chi connectivity index (χ3n) is 9.88. The van der Waals surface area contributed by atoms with E-state index in [1.165, 1.54) is 83.1 Å². The van der Waals surface area contributed by atoms with Crippen molar-refractivity contribution >= 4 is 5.57 Å². The van der Waals surface area contributed by atoms with E-state index in [0.717, 1.165) is 18.8 Å². The summed E-state index contributed by atoms with van der Waals surface area (Å²) in [5, 5.41) is 0. The van der Waals surface area contributed by atoms with Gasteiger partial charge in [0, 0.05) is 0 Å². The summed E-state index contributed by atoms with van der Waals surface area (Å²) in [6, 6.07) is 9.33. The highest BCUT2D eigenvalue weighted by atomic mass is 14.4. The Hall–Kier alpha value is -2.86. The van der Waals surface area contributed by atoms with Gasteiger partial charge in [0.2, 0.25) is 0 Å². The summed E-state index contributed by atoms with van der Waals surface area (Å²) < 4.78 is 0. The Balaban J connectivity index is 1.51. The van der Waals surface area contributed by atoms with Crippen LogP contribution in [-0.4, -0.2) is 0 Å². The Morgan fingerprint density at radius 3 is 2.49 bits per heavy atom. The maximum absolute atomic E-state index is 4.62. The average molecular weight is 547 g/mol. The smallest absolute Gasteiger partial charge is 0.000709 e. The van der Waals surface area contributed by atoms with Crippen molar-refractivity contribution in [1.82, 2.24) is 0 Å². The zero-order valence-electron chi connectivity index (χ0n) is 27.1. The monoisotopic (exact) mass is 546 g/mol. The molecule has 0 heteroatoms. The summed E-state index contributed by atoms with van der Waals surface area (Å²) in [6.45, 7) is 25.1. The van der Waals surface area contributed by atoms with Gasteiger partial charge < -0.3 is 0 Å². The molecule has 0 aromatic heterocycles. The zero-order valence-corrected chi connectivity index (χ0v) is 27.1. The van der Waals surface area contributed by atoms with Crippen LogP contribution in [0.3, 0.4) is 0 Å². The third-order valence-corrected chi connectivity index (χ3v) is 9.88. The van der Waals surface area contributed by atoms with Gasteiger partial charge in [0.1, 0.15) is 0 Å². The fourth-order valence-electron chi connectivity index (χ4n) is 6.53. The van der Waals surface area contributed by atoms with Crippen molar-refractivity contribution in [2.45, 2.75) is 106 Å². The van der Waals surface area contributed by atoms with Crippen LogP contribution in [0.1, 0.15) is 117 Å². The lowest BCUT2D eigenvalue weighted by atomic mass is 9.69. The molecule has 1 saturated carbocycles. The summed E-state index contributed by atoms with van der Waals surface area (Å²) in [4.78, 5) is 0. The van der Waals surface area contributed by atoms with Crippen molar-refractivity contribution in [3.8, 4) is 0 Å². The van der Waals surface area contributed by atoms with Gasteiger partial charge in [0.15, 0.2) is 0 Å². The molecule has 0 spiro atoms. The SMILES string of the molecule is C=C(C[C@H](CCCC)c1ccc(C2=CC(C)C(=C)C=C2)cc1)/C(C)=C/C1=C(C)CC=C2CCC(C(C)(C)C)CC2=C1. The van der Waals surface area contributed by atoms with Gasteiger partial charge in [0.05, 0.1) is 0 Å². The Labute approximate surface area is 252 Å². The van der Waals surface area contributed by atoms with E-state index in [9.17, 15) is 0 Å². The largest absolute Gasteiger partial charge is 0.0955 e. The number of hydrogen-bond acceptors (Lipinski definition) is 0. The van der Waals surface area contributed by atoms with Gasteiger partial charge in [-0.1, -0.05) is 132 Å². The highest BCUT2D eigenvalue weighted by Gasteiger charge is 2.30. The van der Waals surface area contributed by atoms with E-state index in [0.29, 0.717) is 17.3 Å². The predicted molar refractivity (Wildman–Crippen MR) is 182 cm³/mol. The van der Waals surface area contributed by atoms with E-state index in [1.54, 1.807) is 11.1 Å². The summed E-state index contributed by atoms with van der Waals surface area (Å²) in [5.41, 5.74) is 14.2. The molecule has 0 nitrogen and oxygen atoms in total. The van der Waals surface area contributed by atoms with Gasteiger partial charge in [-0.15, -0.1) is 0 Å². The van der Waals surface area contributed by atoms with E-state index >= 15 is 0 Å². The second kappa shape index (κ2) is 13.4. The average Bonchev–Trinajstić information content (AvgIpc) is 3.09. The first-order valence-corrected chi connectivity index (χ1v) is 16.1. The third kappa shape index (κ3) is 7.91. The lowest BCUT2D eigenvalue weighted by Gasteiger charge is -2.36. The maximum Gasteiger partial charge on any atom is -0.000709 e. The number of hydrogen-bond donors (Lipinski definition) is 0. The van der Waals surface area contributed by atoms with Gasteiger partial charge in [-0.2, -0.15) is 0 Å². The lowest BCUT2D eigenvalue weighted by molar-refractivity contribution is 0.215. The van der Waals surface area contributed by atoms with Crippen molar-refractivity contribution < 1.29 is 0 Å². The van der Waals surface area contributed by atoms with Crippen LogP contribution in [-0.2, 0) is 0 Å². The van der Waals surface area contributed by atoms with Crippen LogP contribution in [0.4, 0.5) is 0 Å². The van der Waals surface area contributed by atoms with Crippen LogP contribution in [0.15, 0.2) is 113 Å². The molecule has 0 aliphatic heterocycles. The van der Waals surface area contributed by atoms with E-state index in [2.05, 4.69) is 122 Å².